The van der Waals surface area contributed by atoms with Crippen LogP contribution in [0.4, 0.5) is 4.79 Å². The summed E-state index contributed by atoms with van der Waals surface area (Å²) in [4.78, 5) is 23.2. The summed E-state index contributed by atoms with van der Waals surface area (Å²) in [5.41, 5.74) is 0. The van der Waals surface area contributed by atoms with Crippen LogP contribution < -0.4 is 5.32 Å². The number of hydrogen-bond donors (Lipinski definition) is 2. The summed E-state index contributed by atoms with van der Waals surface area (Å²) in [7, 11) is 3.28. The predicted octanol–water partition coefficient (Wildman–Crippen LogP) is 0.511. The van der Waals surface area contributed by atoms with Crippen molar-refractivity contribution in [1.29, 1.82) is 0 Å². The van der Waals surface area contributed by atoms with E-state index in [1.54, 1.807) is 14.1 Å². The highest BCUT2D eigenvalue weighted by Gasteiger charge is 2.33. The molecule has 2 N–H and O–H groups in total. The zero-order valence-electron chi connectivity index (χ0n) is 8.49. The van der Waals surface area contributed by atoms with Gasteiger partial charge < -0.3 is 15.3 Å². The van der Waals surface area contributed by atoms with Crippen LogP contribution in [0, 0.1) is 5.92 Å². The third kappa shape index (κ3) is 3.24. The highest BCUT2D eigenvalue weighted by Crippen LogP contribution is 2.34. The number of nitrogens with one attached hydrogen (secondary N) is 1. The maximum Gasteiger partial charge on any atom is 0.317 e. The minimum absolute atomic E-state index is 0.0181. The van der Waals surface area contributed by atoms with Crippen LogP contribution in [0.15, 0.2) is 0 Å². The van der Waals surface area contributed by atoms with Gasteiger partial charge in [0.05, 0.1) is 6.42 Å². The number of rotatable bonds is 4. The lowest BCUT2D eigenvalue weighted by Crippen LogP contribution is -2.43. The third-order valence-electron chi connectivity index (χ3n) is 2.30. The molecule has 1 saturated carbocycles. The average Bonchev–Trinajstić information content (AvgIpc) is 2.83. The second kappa shape index (κ2) is 4.30. The summed E-state index contributed by atoms with van der Waals surface area (Å²) in [5.74, 6) is -0.504. The summed E-state index contributed by atoms with van der Waals surface area (Å²) in [6.07, 6.45) is 2.06. The molecular formula is C9H16N2O3. The molecule has 0 aromatic carbocycles. The van der Waals surface area contributed by atoms with E-state index in [1.807, 2.05) is 0 Å². The largest absolute Gasteiger partial charge is 0.481 e. The van der Waals surface area contributed by atoms with Crippen LogP contribution >= 0.6 is 0 Å². The molecule has 5 nitrogen and oxygen atoms in total. The van der Waals surface area contributed by atoms with E-state index in [9.17, 15) is 9.59 Å². The van der Waals surface area contributed by atoms with Crippen molar-refractivity contribution in [2.75, 3.05) is 14.1 Å². The van der Waals surface area contributed by atoms with Crippen LogP contribution in [0.5, 0.6) is 0 Å². The summed E-state index contributed by atoms with van der Waals surface area (Å²) < 4.78 is 0. The maximum absolute atomic E-state index is 11.3. The Bertz CT molecular complexity index is 236. The van der Waals surface area contributed by atoms with Gasteiger partial charge in [0.25, 0.3) is 0 Å². The number of carbonyl (C=O) groups is 2. The van der Waals surface area contributed by atoms with E-state index in [0.717, 1.165) is 12.8 Å². The molecule has 5 heteroatoms. The molecule has 80 valence electrons. The van der Waals surface area contributed by atoms with Gasteiger partial charge in [0.2, 0.25) is 0 Å². The third-order valence-corrected chi connectivity index (χ3v) is 2.30. The molecule has 1 unspecified atom stereocenters. The molecular weight excluding hydrogens is 184 g/mol. The fourth-order valence-corrected chi connectivity index (χ4v) is 1.31. The van der Waals surface area contributed by atoms with Crippen molar-refractivity contribution in [3.8, 4) is 0 Å². The van der Waals surface area contributed by atoms with Crippen LogP contribution in [-0.4, -0.2) is 42.1 Å². The Morgan fingerprint density at radius 1 is 1.50 bits per heavy atom. The molecule has 1 aliphatic rings. The van der Waals surface area contributed by atoms with E-state index in [1.165, 1.54) is 4.90 Å². The monoisotopic (exact) mass is 200 g/mol. The maximum atomic E-state index is 11.3. The molecule has 0 heterocycles. The molecule has 1 fully saturated rings. The van der Waals surface area contributed by atoms with E-state index in [4.69, 9.17) is 5.11 Å². The smallest absolute Gasteiger partial charge is 0.317 e. The molecule has 0 aliphatic heterocycles. The Morgan fingerprint density at radius 3 is 2.43 bits per heavy atom. The Kier molecular flexibility index (Phi) is 3.33. The molecule has 1 aliphatic carbocycles. The van der Waals surface area contributed by atoms with Gasteiger partial charge in [0.15, 0.2) is 0 Å². The molecule has 1 atom stereocenters. The summed E-state index contributed by atoms with van der Waals surface area (Å²) >= 11 is 0. The number of hydrogen-bond acceptors (Lipinski definition) is 2. The van der Waals surface area contributed by atoms with E-state index in [0.29, 0.717) is 5.92 Å². The van der Waals surface area contributed by atoms with Gasteiger partial charge in [0.1, 0.15) is 0 Å². The van der Waals surface area contributed by atoms with Crippen LogP contribution in [0.3, 0.4) is 0 Å². The van der Waals surface area contributed by atoms with Gasteiger partial charge in [-0.3, -0.25) is 4.79 Å². The van der Waals surface area contributed by atoms with Gasteiger partial charge in [-0.2, -0.15) is 0 Å². The standard InChI is InChI=1S/C9H16N2O3/c1-11(2)9(14)10-7(5-8(12)13)6-3-4-6/h6-7H,3-5H2,1-2H3,(H,10,14)(H,12,13). The average molecular weight is 200 g/mol. The fourth-order valence-electron chi connectivity index (χ4n) is 1.31. The van der Waals surface area contributed by atoms with E-state index >= 15 is 0 Å². The number of amides is 2. The minimum atomic E-state index is -0.860. The molecule has 0 bridgehead atoms. The minimum Gasteiger partial charge on any atom is -0.481 e. The number of carboxylic acid groups (broad SMARTS) is 1. The normalized spacial score (nSPS) is 17.3. The van der Waals surface area contributed by atoms with Crippen LogP contribution in [-0.2, 0) is 4.79 Å². The van der Waals surface area contributed by atoms with Crippen molar-refractivity contribution in [2.45, 2.75) is 25.3 Å². The Labute approximate surface area is 83.1 Å². The van der Waals surface area contributed by atoms with Crippen LogP contribution in [0.2, 0.25) is 0 Å². The van der Waals surface area contributed by atoms with Gasteiger partial charge in [-0.25, -0.2) is 4.79 Å². The van der Waals surface area contributed by atoms with Crippen molar-refractivity contribution in [1.82, 2.24) is 10.2 Å². The lowest BCUT2D eigenvalue weighted by molar-refractivity contribution is -0.137. The van der Waals surface area contributed by atoms with Gasteiger partial charge in [-0.15, -0.1) is 0 Å². The first-order valence-electron chi connectivity index (χ1n) is 4.70. The Hall–Kier alpha value is -1.26. The summed E-state index contributed by atoms with van der Waals surface area (Å²) in [6.45, 7) is 0. The van der Waals surface area contributed by atoms with Crippen LogP contribution in [0.1, 0.15) is 19.3 Å². The molecule has 2 amide bonds. The number of carboxylic acids is 1. The second-order valence-electron chi connectivity index (χ2n) is 3.89. The second-order valence-corrected chi connectivity index (χ2v) is 3.89. The SMILES string of the molecule is CN(C)C(=O)NC(CC(=O)O)C1CC1. The van der Waals surface area contributed by atoms with Gasteiger partial charge >= 0.3 is 12.0 Å². The number of carbonyl (C=O) groups excluding carboxylic acids is 1. The van der Waals surface area contributed by atoms with Crippen molar-refractivity contribution < 1.29 is 14.7 Å². The highest BCUT2D eigenvalue weighted by atomic mass is 16.4. The van der Waals surface area contributed by atoms with Crippen molar-refractivity contribution in [2.24, 2.45) is 5.92 Å². The summed E-state index contributed by atoms with van der Waals surface area (Å²) in [5, 5.41) is 11.4. The zero-order chi connectivity index (χ0) is 10.7. The van der Waals surface area contributed by atoms with Crippen LogP contribution in [0.25, 0.3) is 0 Å². The lowest BCUT2D eigenvalue weighted by Gasteiger charge is -2.19. The molecule has 0 aromatic rings. The first-order valence-corrected chi connectivity index (χ1v) is 4.70. The molecule has 1 rings (SSSR count). The van der Waals surface area contributed by atoms with E-state index in [2.05, 4.69) is 5.32 Å². The van der Waals surface area contributed by atoms with Gasteiger partial charge in [-0.05, 0) is 18.8 Å². The van der Waals surface area contributed by atoms with Crippen molar-refractivity contribution in [3.05, 3.63) is 0 Å². The first-order chi connectivity index (χ1) is 6.50. The Balaban J connectivity index is 2.42. The molecule has 0 saturated heterocycles. The predicted molar refractivity (Wildman–Crippen MR) is 51.0 cm³/mol. The van der Waals surface area contributed by atoms with Gasteiger partial charge in [-0.1, -0.05) is 0 Å². The highest BCUT2D eigenvalue weighted by molar-refractivity contribution is 5.75. The molecule has 14 heavy (non-hydrogen) atoms. The first kappa shape index (κ1) is 10.8. The van der Waals surface area contributed by atoms with E-state index < -0.39 is 5.97 Å². The fraction of sp³-hybridized carbons (Fsp3) is 0.778. The number of nitrogens with zero attached hydrogens (tertiary/aromatic N) is 1. The molecule has 0 radical (unpaired) electrons. The van der Waals surface area contributed by atoms with Crippen molar-refractivity contribution in [3.63, 3.8) is 0 Å². The quantitative estimate of drug-likeness (QED) is 0.694. The van der Waals surface area contributed by atoms with E-state index in [-0.39, 0.29) is 18.5 Å². The van der Waals surface area contributed by atoms with Crippen molar-refractivity contribution >= 4 is 12.0 Å². The zero-order valence-corrected chi connectivity index (χ0v) is 8.49. The van der Waals surface area contributed by atoms with Gasteiger partial charge in [0, 0.05) is 20.1 Å². The molecule has 0 aromatic heterocycles. The lowest BCUT2D eigenvalue weighted by atomic mass is 10.1. The summed E-state index contributed by atoms with van der Waals surface area (Å²) in [6, 6.07) is -0.425. The molecule has 0 spiro atoms. The number of aliphatic carboxylic acids is 1. The topological polar surface area (TPSA) is 69.6 Å². The number of urea groups is 1. The Morgan fingerprint density at radius 2 is 2.07 bits per heavy atom.